The van der Waals surface area contributed by atoms with Crippen LogP contribution in [0.3, 0.4) is 0 Å². The van der Waals surface area contributed by atoms with Crippen LogP contribution in [0.15, 0.2) is 48.5 Å². The lowest BCUT2D eigenvalue weighted by atomic mass is 9.98. The molecule has 34 heavy (non-hydrogen) atoms. The van der Waals surface area contributed by atoms with E-state index in [4.69, 9.17) is 4.74 Å². The molecule has 2 fully saturated rings. The number of amides is 2. The summed E-state index contributed by atoms with van der Waals surface area (Å²) in [4.78, 5) is 38.6. The van der Waals surface area contributed by atoms with Crippen molar-refractivity contribution in [1.29, 1.82) is 0 Å². The molecule has 2 N–H and O–H groups in total. The number of nitrogens with one attached hydrogen (secondary N) is 1. The summed E-state index contributed by atoms with van der Waals surface area (Å²) < 4.78 is 5.64. The number of nitrogens with zero attached hydrogens (tertiary/aromatic N) is 1. The molecular weight excluding hydrogens is 452 g/mol. The number of benzene rings is 2. The van der Waals surface area contributed by atoms with Gasteiger partial charge in [0, 0.05) is 35.9 Å². The third-order valence-corrected chi connectivity index (χ3v) is 8.17. The van der Waals surface area contributed by atoms with E-state index in [1.54, 1.807) is 11.8 Å². The molecule has 3 aliphatic rings. The van der Waals surface area contributed by atoms with Crippen LogP contribution in [-0.2, 0) is 14.3 Å². The zero-order chi connectivity index (χ0) is 23.7. The molecule has 0 bridgehead atoms. The highest BCUT2D eigenvalue weighted by Gasteiger charge is 2.39. The van der Waals surface area contributed by atoms with Crippen LogP contribution in [0.2, 0.25) is 0 Å². The summed E-state index contributed by atoms with van der Waals surface area (Å²) in [6.45, 7) is 0.710. The molecule has 2 aromatic rings. The van der Waals surface area contributed by atoms with E-state index in [1.807, 2.05) is 24.3 Å². The molecule has 3 atom stereocenters. The number of alkyl carbamates (subject to hydrolysis) is 1. The Morgan fingerprint density at radius 1 is 1.03 bits per heavy atom. The highest BCUT2D eigenvalue weighted by Crippen LogP contribution is 2.44. The Morgan fingerprint density at radius 3 is 2.38 bits per heavy atom. The van der Waals surface area contributed by atoms with Gasteiger partial charge in [0.15, 0.2) is 0 Å². The first-order valence-electron chi connectivity index (χ1n) is 11.8. The van der Waals surface area contributed by atoms with Gasteiger partial charge in [-0.1, -0.05) is 48.5 Å². The summed E-state index contributed by atoms with van der Waals surface area (Å²) in [6, 6.07) is 15.5. The van der Waals surface area contributed by atoms with Gasteiger partial charge in [-0.2, -0.15) is 11.8 Å². The maximum absolute atomic E-state index is 13.0. The van der Waals surface area contributed by atoms with Crippen LogP contribution in [-0.4, -0.2) is 64.7 Å². The van der Waals surface area contributed by atoms with Crippen molar-refractivity contribution in [2.45, 2.75) is 37.3 Å². The maximum atomic E-state index is 13.0. The van der Waals surface area contributed by atoms with Crippen molar-refractivity contribution in [2.24, 2.45) is 5.92 Å². The van der Waals surface area contributed by atoms with Crippen LogP contribution in [0, 0.1) is 5.92 Å². The summed E-state index contributed by atoms with van der Waals surface area (Å²) in [5.41, 5.74) is 4.69. The number of carboxylic acid groups (broad SMARTS) is 1. The Hall–Kier alpha value is -3.00. The van der Waals surface area contributed by atoms with Crippen molar-refractivity contribution >= 4 is 29.7 Å². The molecule has 1 saturated carbocycles. The van der Waals surface area contributed by atoms with Gasteiger partial charge in [-0.05, 0) is 41.5 Å². The van der Waals surface area contributed by atoms with Gasteiger partial charge in [0.2, 0.25) is 5.91 Å². The first kappa shape index (κ1) is 22.8. The molecule has 0 aromatic heterocycles. The van der Waals surface area contributed by atoms with Gasteiger partial charge in [-0.15, -0.1) is 0 Å². The van der Waals surface area contributed by atoms with Gasteiger partial charge in [-0.25, -0.2) is 9.59 Å². The molecule has 1 aliphatic heterocycles. The average molecular weight is 481 g/mol. The lowest BCUT2D eigenvalue weighted by Gasteiger charge is -2.34. The van der Waals surface area contributed by atoms with Crippen LogP contribution >= 0.6 is 11.8 Å². The summed E-state index contributed by atoms with van der Waals surface area (Å²) in [5.74, 6) is -0.139. The van der Waals surface area contributed by atoms with Crippen molar-refractivity contribution in [2.75, 3.05) is 24.7 Å². The third-order valence-electron chi connectivity index (χ3n) is 7.14. The van der Waals surface area contributed by atoms with E-state index in [-0.39, 0.29) is 30.4 Å². The lowest BCUT2D eigenvalue weighted by Crippen LogP contribution is -2.52. The van der Waals surface area contributed by atoms with Crippen molar-refractivity contribution < 1.29 is 24.2 Å². The Morgan fingerprint density at radius 2 is 1.71 bits per heavy atom. The number of carbonyl (C=O) groups excluding carboxylic acids is 2. The number of carboxylic acids is 1. The molecule has 7 nitrogen and oxygen atoms in total. The minimum absolute atomic E-state index is 0.000905. The SMILES string of the molecule is O=C(NC1CCC(C(=O)N2CCSCC2C(=O)O)C1)OCC1c2ccccc2-c2ccccc21. The predicted octanol–water partition coefficient (Wildman–Crippen LogP) is 3.72. The number of ether oxygens (including phenoxy) is 1. The largest absolute Gasteiger partial charge is 0.480 e. The Labute approximate surface area is 202 Å². The molecular formula is C26H28N2O5S. The summed E-state index contributed by atoms with van der Waals surface area (Å²) in [5, 5.41) is 12.4. The average Bonchev–Trinajstić information content (AvgIpc) is 3.45. The molecule has 0 radical (unpaired) electrons. The van der Waals surface area contributed by atoms with Gasteiger partial charge < -0.3 is 20.1 Å². The normalized spacial score (nSPS) is 23.8. The van der Waals surface area contributed by atoms with E-state index in [0.29, 0.717) is 31.6 Å². The third kappa shape index (κ3) is 4.39. The zero-order valence-electron chi connectivity index (χ0n) is 18.8. The Bertz CT molecular complexity index is 1060. The van der Waals surface area contributed by atoms with Gasteiger partial charge >= 0.3 is 12.1 Å². The smallest absolute Gasteiger partial charge is 0.407 e. The second-order valence-corrected chi connectivity index (χ2v) is 10.3. The summed E-state index contributed by atoms with van der Waals surface area (Å²) in [7, 11) is 0. The second-order valence-electron chi connectivity index (χ2n) is 9.14. The number of rotatable bonds is 5. The van der Waals surface area contributed by atoms with Crippen molar-refractivity contribution in [3.05, 3.63) is 59.7 Å². The zero-order valence-corrected chi connectivity index (χ0v) is 19.6. The van der Waals surface area contributed by atoms with Gasteiger partial charge in [0.1, 0.15) is 12.6 Å². The number of thioether (sulfide) groups is 1. The van der Waals surface area contributed by atoms with Crippen LogP contribution in [0.25, 0.3) is 11.1 Å². The molecule has 2 aliphatic carbocycles. The van der Waals surface area contributed by atoms with E-state index >= 15 is 0 Å². The molecule has 178 valence electrons. The van der Waals surface area contributed by atoms with E-state index in [1.165, 1.54) is 16.0 Å². The fourth-order valence-electron chi connectivity index (χ4n) is 5.45. The number of hydrogen-bond acceptors (Lipinski definition) is 5. The predicted molar refractivity (Wildman–Crippen MR) is 130 cm³/mol. The van der Waals surface area contributed by atoms with Crippen LogP contribution < -0.4 is 5.32 Å². The minimum Gasteiger partial charge on any atom is -0.480 e. The molecule has 8 heteroatoms. The highest BCUT2D eigenvalue weighted by atomic mass is 32.2. The van der Waals surface area contributed by atoms with E-state index < -0.39 is 18.1 Å². The second kappa shape index (κ2) is 9.70. The first-order chi connectivity index (χ1) is 16.5. The maximum Gasteiger partial charge on any atom is 0.407 e. The minimum atomic E-state index is -0.952. The molecule has 3 unspecified atom stereocenters. The Kier molecular flexibility index (Phi) is 6.50. The standard InChI is InChI=1S/C26H28N2O5S/c29-24(28-11-12-34-15-23(28)25(30)31)16-9-10-17(13-16)27-26(32)33-14-22-20-7-3-1-5-18(20)19-6-2-4-8-21(19)22/h1-8,16-17,22-23H,9-15H2,(H,27,32)(H,30,31). The number of hydrogen-bond donors (Lipinski definition) is 2. The lowest BCUT2D eigenvalue weighted by molar-refractivity contribution is -0.151. The van der Waals surface area contributed by atoms with Crippen LogP contribution in [0.1, 0.15) is 36.3 Å². The van der Waals surface area contributed by atoms with Crippen molar-refractivity contribution in [3.63, 3.8) is 0 Å². The van der Waals surface area contributed by atoms with Crippen LogP contribution in [0.5, 0.6) is 0 Å². The van der Waals surface area contributed by atoms with E-state index in [9.17, 15) is 19.5 Å². The number of fused-ring (bicyclic) bond motifs is 3. The van der Waals surface area contributed by atoms with Gasteiger partial charge in [-0.3, -0.25) is 4.79 Å². The molecule has 0 spiro atoms. The molecule has 2 aromatic carbocycles. The molecule has 2 amide bonds. The fraction of sp³-hybridized carbons (Fsp3) is 0.423. The topological polar surface area (TPSA) is 95.9 Å². The summed E-state index contributed by atoms with van der Waals surface area (Å²) >= 11 is 1.56. The van der Waals surface area contributed by atoms with E-state index in [0.717, 1.165) is 16.9 Å². The summed E-state index contributed by atoms with van der Waals surface area (Å²) in [6.07, 6.45) is 1.36. The Balaban J connectivity index is 1.16. The van der Waals surface area contributed by atoms with Crippen LogP contribution in [0.4, 0.5) is 4.79 Å². The quantitative estimate of drug-likeness (QED) is 0.677. The fourth-order valence-corrected chi connectivity index (χ4v) is 6.49. The number of carbonyl (C=O) groups is 3. The number of aliphatic carboxylic acids is 1. The van der Waals surface area contributed by atoms with Crippen molar-refractivity contribution in [3.8, 4) is 11.1 Å². The van der Waals surface area contributed by atoms with Crippen molar-refractivity contribution in [1.82, 2.24) is 10.2 Å². The highest BCUT2D eigenvalue weighted by molar-refractivity contribution is 7.99. The molecule has 5 rings (SSSR count). The molecule has 1 heterocycles. The van der Waals surface area contributed by atoms with E-state index in [2.05, 4.69) is 29.6 Å². The first-order valence-corrected chi connectivity index (χ1v) is 12.9. The van der Waals surface area contributed by atoms with Gasteiger partial charge in [0.05, 0.1) is 0 Å². The monoisotopic (exact) mass is 480 g/mol. The van der Waals surface area contributed by atoms with Gasteiger partial charge in [0.25, 0.3) is 0 Å². The molecule has 1 saturated heterocycles.